The van der Waals surface area contributed by atoms with E-state index in [1.807, 2.05) is 19.0 Å². The number of hydrogen-bond acceptors (Lipinski definition) is 4. The zero-order valence-electron chi connectivity index (χ0n) is 8.74. The van der Waals surface area contributed by atoms with E-state index < -0.39 is 0 Å². The van der Waals surface area contributed by atoms with E-state index in [-0.39, 0.29) is 0 Å². The van der Waals surface area contributed by atoms with Crippen LogP contribution in [0, 0.1) is 5.92 Å². The Balaban J connectivity index is 2.53. The van der Waals surface area contributed by atoms with Crippen LogP contribution in [0.4, 0.5) is 0 Å². The van der Waals surface area contributed by atoms with Crippen molar-refractivity contribution in [3.05, 3.63) is 11.7 Å². The van der Waals surface area contributed by atoms with Crippen molar-refractivity contribution < 1.29 is 4.52 Å². The second kappa shape index (κ2) is 4.37. The molecule has 0 atom stereocenters. The summed E-state index contributed by atoms with van der Waals surface area (Å²) in [6.45, 7) is 5.01. The Hall–Kier alpha value is -0.900. The van der Waals surface area contributed by atoms with Crippen molar-refractivity contribution in [3.63, 3.8) is 0 Å². The van der Waals surface area contributed by atoms with Gasteiger partial charge in [-0.1, -0.05) is 19.0 Å². The molecule has 0 bridgehead atoms. The summed E-state index contributed by atoms with van der Waals surface area (Å²) in [6, 6.07) is 0. The first kappa shape index (κ1) is 10.2. The summed E-state index contributed by atoms with van der Waals surface area (Å²) in [7, 11) is 3.97. The van der Waals surface area contributed by atoms with Crippen LogP contribution in [0.5, 0.6) is 0 Å². The molecule has 74 valence electrons. The highest BCUT2D eigenvalue weighted by Crippen LogP contribution is 2.05. The van der Waals surface area contributed by atoms with E-state index in [0.717, 1.165) is 24.7 Å². The molecule has 1 heterocycles. The number of nitrogens with zero attached hydrogens (tertiary/aromatic N) is 3. The van der Waals surface area contributed by atoms with Gasteiger partial charge in [-0.2, -0.15) is 4.98 Å². The number of rotatable bonds is 4. The predicted octanol–water partition coefficient (Wildman–Crippen LogP) is 1.33. The van der Waals surface area contributed by atoms with E-state index >= 15 is 0 Å². The Morgan fingerprint density at radius 2 is 2.08 bits per heavy atom. The third-order valence-electron chi connectivity index (χ3n) is 1.55. The molecule has 4 heteroatoms. The average Bonchev–Trinajstić information content (AvgIpc) is 2.33. The summed E-state index contributed by atoms with van der Waals surface area (Å²) in [5.41, 5.74) is 0. The van der Waals surface area contributed by atoms with Gasteiger partial charge < -0.3 is 9.42 Å². The number of aromatic nitrogens is 2. The average molecular weight is 183 g/mol. The molecule has 0 fully saturated rings. The maximum absolute atomic E-state index is 5.09. The van der Waals surface area contributed by atoms with Crippen molar-refractivity contribution in [3.8, 4) is 0 Å². The Labute approximate surface area is 78.9 Å². The fourth-order valence-corrected chi connectivity index (χ4v) is 1.07. The molecule has 0 unspecified atom stereocenters. The summed E-state index contributed by atoms with van der Waals surface area (Å²) >= 11 is 0. The Morgan fingerprint density at radius 3 is 2.62 bits per heavy atom. The van der Waals surface area contributed by atoms with Crippen molar-refractivity contribution in [2.24, 2.45) is 5.92 Å². The van der Waals surface area contributed by atoms with Gasteiger partial charge in [-0.3, -0.25) is 0 Å². The van der Waals surface area contributed by atoms with Gasteiger partial charge in [-0.05, 0) is 20.0 Å². The molecule has 1 rings (SSSR count). The Kier molecular flexibility index (Phi) is 3.42. The minimum Gasteiger partial charge on any atom is -0.339 e. The van der Waals surface area contributed by atoms with Gasteiger partial charge in [0.2, 0.25) is 5.89 Å². The molecule has 0 aliphatic rings. The van der Waals surface area contributed by atoms with Crippen LogP contribution in [-0.4, -0.2) is 29.1 Å². The zero-order valence-corrected chi connectivity index (χ0v) is 8.74. The summed E-state index contributed by atoms with van der Waals surface area (Å²) in [5.74, 6) is 2.07. The molecule has 0 aliphatic carbocycles. The molecule has 0 aliphatic heterocycles. The quantitative estimate of drug-likeness (QED) is 0.706. The van der Waals surface area contributed by atoms with Crippen molar-refractivity contribution in [1.82, 2.24) is 15.0 Å². The summed E-state index contributed by atoms with van der Waals surface area (Å²) in [6.07, 6.45) is 0.862. The topological polar surface area (TPSA) is 42.2 Å². The van der Waals surface area contributed by atoms with E-state index in [9.17, 15) is 0 Å². The monoisotopic (exact) mass is 183 g/mol. The van der Waals surface area contributed by atoms with Gasteiger partial charge in [0, 0.05) is 6.42 Å². The first-order valence-electron chi connectivity index (χ1n) is 4.54. The van der Waals surface area contributed by atoms with Crippen LogP contribution >= 0.6 is 0 Å². The van der Waals surface area contributed by atoms with Gasteiger partial charge in [-0.15, -0.1) is 0 Å². The van der Waals surface area contributed by atoms with Crippen LogP contribution in [0.3, 0.4) is 0 Å². The molecule has 1 aromatic rings. The van der Waals surface area contributed by atoms with E-state index in [0.29, 0.717) is 5.92 Å². The third kappa shape index (κ3) is 3.55. The predicted molar refractivity (Wildman–Crippen MR) is 50.2 cm³/mol. The summed E-state index contributed by atoms with van der Waals surface area (Å²) in [4.78, 5) is 6.29. The van der Waals surface area contributed by atoms with Gasteiger partial charge in [0.25, 0.3) is 0 Å². The maximum Gasteiger partial charge on any atom is 0.226 e. The number of hydrogen-bond donors (Lipinski definition) is 0. The molecular weight excluding hydrogens is 166 g/mol. The van der Waals surface area contributed by atoms with Gasteiger partial charge >= 0.3 is 0 Å². The third-order valence-corrected chi connectivity index (χ3v) is 1.55. The first-order chi connectivity index (χ1) is 6.08. The van der Waals surface area contributed by atoms with Crippen molar-refractivity contribution in [1.29, 1.82) is 0 Å². The second-order valence-electron chi connectivity index (χ2n) is 3.94. The van der Waals surface area contributed by atoms with Crippen LogP contribution < -0.4 is 0 Å². The van der Waals surface area contributed by atoms with Crippen molar-refractivity contribution in [2.45, 2.75) is 26.8 Å². The molecule has 1 aromatic heterocycles. The SMILES string of the molecule is CC(C)Cc1nc(CN(C)C)no1. The van der Waals surface area contributed by atoms with Crippen LogP contribution in [0.2, 0.25) is 0 Å². The highest BCUT2D eigenvalue weighted by Gasteiger charge is 2.08. The van der Waals surface area contributed by atoms with Gasteiger partial charge in [0.15, 0.2) is 5.82 Å². The Morgan fingerprint density at radius 1 is 1.38 bits per heavy atom. The molecule has 0 spiro atoms. The lowest BCUT2D eigenvalue weighted by molar-refractivity contribution is 0.341. The van der Waals surface area contributed by atoms with Crippen LogP contribution in [0.15, 0.2) is 4.52 Å². The molecular formula is C9H17N3O. The minimum atomic E-state index is 0.563. The maximum atomic E-state index is 5.09. The molecule has 0 amide bonds. The summed E-state index contributed by atoms with van der Waals surface area (Å²) in [5, 5.41) is 3.88. The molecule has 0 radical (unpaired) electrons. The van der Waals surface area contributed by atoms with Crippen molar-refractivity contribution >= 4 is 0 Å². The van der Waals surface area contributed by atoms with Crippen LogP contribution in [0.1, 0.15) is 25.6 Å². The molecule has 0 saturated carbocycles. The molecule has 0 saturated heterocycles. The largest absolute Gasteiger partial charge is 0.339 e. The lowest BCUT2D eigenvalue weighted by Crippen LogP contribution is -2.11. The highest BCUT2D eigenvalue weighted by molar-refractivity contribution is 4.86. The first-order valence-corrected chi connectivity index (χ1v) is 4.54. The smallest absolute Gasteiger partial charge is 0.226 e. The molecule has 0 aromatic carbocycles. The standard InChI is InChI=1S/C9H17N3O/c1-7(2)5-9-10-8(11-13-9)6-12(3)4/h7H,5-6H2,1-4H3. The van der Waals surface area contributed by atoms with Crippen LogP contribution in [-0.2, 0) is 13.0 Å². The fraction of sp³-hybridized carbons (Fsp3) is 0.778. The molecule has 0 N–H and O–H groups in total. The van der Waals surface area contributed by atoms with Gasteiger partial charge in [-0.25, -0.2) is 0 Å². The Bertz CT molecular complexity index is 231. The lowest BCUT2D eigenvalue weighted by atomic mass is 10.1. The van der Waals surface area contributed by atoms with Crippen LogP contribution in [0.25, 0.3) is 0 Å². The summed E-state index contributed by atoms with van der Waals surface area (Å²) < 4.78 is 5.09. The van der Waals surface area contributed by atoms with Gasteiger partial charge in [0.05, 0.1) is 6.54 Å². The van der Waals surface area contributed by atoms with E-state index in [1.54, 1.807) is 0 Å². The van der Waals surface area contributed by atoms with E-state index in [2.05, 4.69) is 24.0 Å². The van der Waals surface area contributed by atoms with E-state index in [4.69, 9.17) is 4.52 Å². The zero-order chi connectivity index (χ0) is 9.84. The molecule has 13 heavy (non-hydrogen) atoms. The highest BCUT2D eigenvalue weighted by atomic mass is 16.5. The fourth-order valence-electron chi connectivity index (χ4n) is 1.07. The van der Waals surface area contributed by atoms with Gasteiger partial charge in [0.1, 0.15) is 0 Å². The normalized spacial score (nSPS) is 11.5. The molecule has 4 nitrogen and oxygen atoms in total. The lowest BCUT2D eigenvalue weighted by Gasteiger charge is -2.03. The van der Waals surface area contributed by atoms with E-state index in [1.165, 1.54) is 0 Å². The second-order valence-corrected chi connectivity index (χ2v) is 3.94. The van der Waals surface area contributed by atoms with Crippen molar-refractivity contribution in [2.75, 3.05) is 14.1 Å². The minimum absolute atomic E-state index is 0.563.